The molecule has 0 aliphatic rings. The van der Waals surface area contributed by atoms with Gasteiger partial charge in [0.25, 0.3) is 0 Å². The van der Waals surface area contributed by atoms with Crippen LogP contribution in [0, 0.1) is 5.82 Å². The zero-order valence-corrected chi connectivity index (χ0v) is 11.5. The summed E-state index contributed by atoms with van der Waals surface area (Å²) in [7, 11) is 0. The van der Waals surface area contributed by atoms with E-state index in [0.29, 0.717) is 5.69 Å². The molecule has 0 heterocycles. The molecule has 0 radical (unpaired) electrons. The summed E-state index contributed by atoms with van der Waals surface area (Å²) in [6.45, 7) is 3.62. The lowest BCUT2D eigenvalue weighted by Gasteiger charge is -2.05. The van der Waals surface area contributed by atoms with E-state index < -0.39 is 11.7 Å². The molecule has 0 saturated heterocycles. The quantitative estimate of drug-likeness (QED) is 0.583. The smallest absolute Gasteiger partial charge is 0.197 e. The van der Waals surface area contributed by atoms with Gasteiger partial charge in [-0.2, -0.15) is 0 Å². The van der Waals surface area contributed by atoms with Crippen LogP contribution in [0.1, 0.15) is 0 Å². The predicted octanol–water partition coefficient (Wildman–Crippen LogP) is 3.51. The third-order valence-corrected chi connectivity index (χ3v) is 2.69. The minimum absolute atomic E-state index is 0.00235. The highest BCUT2D eigenvalue weighted by Crippen LogP contribution is 2.20. The Balaban J connectivity index is 2.71. The summed E-state index contributed by atoms with van der Waals surface area (Å²) >= 11 is 8.61. The molecule has 96 valence electrons. The molecule has 1 aromatic carbocycles. The summed E-state index contributed by atoms with van der Waals surface area (Å²) in [5.41, 5.74) is 5.64. The van der Waals surface area contributed by atoms with Crippen LogP contribution in [-0.4, -0.2) is 11.3 Å². The molecular weight excluding hydrogens is 324 g/mol. The molecule has 0 aliphatic heterocycles. The van der Waals surface area contributed by atoms with Gasteiger partial charge in [-0.15, -0.1) is 0 Å². The van der Waals surface area contributed by atoms with Crippen molar-refractivity contribution in [1.82, 2.24) is 0 Å². The first kappa shape index (κ1) is 14.5. The van der Waals surface area contributed by atoms with Crippen LogP contribution >= 0.6 is 27.5 Å². The first-order valence-electron chi connectivity index (χ1n) is 4.69. The minimum atomic E-state index is -0.505. The average Bonchev–Trinajstić information content (AvgIpc) is 2.30. The number of allylic oxidation sites excluding steroid dienone is 1. The normalized spacial score (nSPS) is 12.4. The number of rotatable bonds is 4. The maximum atomic E-state index is 12.9. The Morgan fingerprint density at radius 3 is 2.83 bits per heavy atom. The molecule has 0 aromatic heterocycles. The second-order valence-corrected chi connectivity index (χ2v) is 4.45. The van der Waals surface area contributed by atoms with Crippen LogP contribution in [0.2, 0.25) is 5.02 Å². The number of aliphatic hydroxyl groups is 1. The van der Waals surface area contributed by atoms with Crippen molar-refractivity contribution in [3.8, 4) is 0 Å². The Kier molecular flexibility index (Phi) is 5.18. The lowest BCUT2D eigenvalue weighted by molar-refractivity contribution is 0.406. The van der Waals surface area contributed by atoms with Crippen molar-refractivity contribution in [2.24, 2.45) is 10.7 Å². The van der Waals surface area contributed by atoms with Crippen LogP contribution in [-0.2, 0) is 0 Å². The summed E-state index contributed by atoms with van der Waals surface area (Å²) in [5, 5.41) is 11.7. The van der Waals surface area contributed by atoms with Gasteiger partial charge in [-0.3, -0.25) is 0 Å². The fraction of sp³-hybridized carbons (Fsp3) is 0. The second kappa shape index (κ2) is 6.42. The number of anilines is 1. The highest BCUT2D eigenvalue weighted by atomic mass is 79.9. The van der Waals surface area contributed by atoms with Gasteiger partial charge >= 0.3 is 0 Å². The van der Waals surface area contributed by atoms with Crippen LogP contribution in [0.5, 0.6) is 0 Å². The zero-order chi connectivity index (χ0) is 13.7. The van der Waals surface area contributed by atoms with Crippen LogP contribution in [0.25, 0.3) is 0 Å². The van der Waals surface area contributed by atoms with E-state index in [2.05, 4.69) is 32.8 Å². The van der Waals surface area contributed by atoms with E-state index in [-0.39, 0.29) is 15.3 Å². The van der Waals surface area contributed by atoms with E-state index in [1.54, 1.807) is 0 Å². The summed E-state index contributed by atoms with van der Waals surface area (Å²) in [6, 6.07) is 4.12. The molecule has 0 unspecified atom stereocenters. The van der Waals surface area contributed by atoms with Crippen molar-refractivity contribution in [2.75, 3.05) is 5.32 Å². The molecule has 18 heavy (non-hydrogen) atoms. The van der Waals surface area contributed by atoms with Crippen molar-refractivity contribution >= 4 is 39.4 Å². The molecule has 0 saturated carbocycles. The zero-order valence-electron chi connectivity index (χ0n) is 9.12. The van der Waals surface area contributed by atoms with E-state index in [0.717, 1.165) is 0 Å². The van der Waals surface area contributed by atoms with E-state index in [1.165, 1.54) is 24.4 Å². The molecule has 1 aromatic rings. The van der Waals surface area contributed by atoms with Crippen LogP contribution in [0.15, 0.2) is 46.0 Å². The first-order chi connectivity index (χ1) is 8.40. The van der Waals surface area contributed by atoms with Gasteiger partial charge < -0.3 is 16.2 Å². The van der Waals surface area contributed by atoms with Crippen molar-refractivity contribution < 1.29 is 9.50 Å². The van der Waals surface area contributed by atoms with Crippen molar-refractivity contribution in [3.63, 3.8) is 0 Å². The third-order valence-electron chi connectivity index (χ3n) is 1.79. The van der Waals surface area contributed by atoms with E-state index in [9.17, 15) is 4.39 Å². The van der Waals surface area contributed by atoms with Crippen molar-refractivity contribution in [1.29, 1.82) is 0 Å². The van der Waals surface area contributed by atoms with Gasteiger partial charge in [-0.05, 0) is 34.1 Å². The molecule has 4 N–H and O–H groups in total. The molecule has 0 aliphatic carbocycles. The maximum Gasteiger partial charge on any atom is 0.197 e. The minimum Gasteiger partial charge on any atom is -0.494 e. The lowest BCUT2D eigenvalue weighted by Crippen LogP contribution is -2.00. The van der Waals surface area contributed by atoms with Crippen LogP contribution in [0.3, 0.4) is 0 Å². The fourth-order valence-electron chi connectivity index (χ4n) is 0.973. The molecule has 0 spiro atoms. The van der Waals surface area contributed by atoms with E-state index in [1.807, 2.05) is 0 Å². The standard InChI is InChI=1S/C11H10BrClFN3O/c1-6(16-5-8(12)11(15)18)17-7-2-3-10(14)9(13)4-7/h2-5,17-18H,1,15H2/b11-8-,16-5-. The summed E-state index contributed by atoms with van der Waals surface area (Å²) in [6.07, 6.45) is 1.27. The molecule has 1 rings (SSSR count). The van der Waals surface area contributed by atoms with Gasteiger partial charge in [-0.1, -0.05) is 18.2 Å². The van der Waals surface area contributed by atoms with Gasteiger partial charge in [0.05, 0.1) is 9.51 Å². The Hall–Kier alpha value is -1.53. The number of nitrogens with zero attached hydrogens (tertiary/aromatic N) is 1. The molecule has 0 bridgehead atoms. The third kappa shape index (κ3) is 4.38. The maximum absolute atomic E-state index is 12.9. The predicted molar refractivity (Wildman–Crippen MR) is 75.4 cm³/mol. The first-order valence-corrected chi connectivity index (χ1v) is 5.86. The van der Waals surface area contributed by atoms with Crippen molar-refractivity contribution in [2.45, 2.75) is 0 Å². The molecule has 0 fully saturated rings. The number of aliphatic hydroxyl groups excluding tert-OH is 1. The van der Waals surface area contributed by atoms with E-state index in [4.69, 9.17) is 22.4 Å². The highest BCUT2D eigenvalue weighted by Gasteiger charge is 2.01. The number of hydrogen-bond donors (Lipinski definition) is 3. The SMILES string of the molecule is C=C(/N=C\C(Br)=C(/N)O)Nc1ccc(F)c(Cl)c1. The Morgan fingerprint density at radius 2 is 2.28 bits per heavy atom. The number of hydrogen-bond acceptors (Lipinski definition) is 4. The van der Waals surface area contributed by atoms with Gasteiger partial charge in [0, 0.05) is 11.9 Å². The fourth-order valence-corrected chi connectivity index (χ4v) is 1.26. The van der Waals surface area contributed by atoms with Crippen LogP contribution in [0.4, 0.5) is 10.1 Å². The summed E-state index contributed by atoms with van der Waals surface area (Å²) in [4.78, 5) is 3.88. The van der Waals surface area contributed by atoms with Crippen molar-refractivity contribution in [3.05, 3.63) is 51.8 Å². The summed E-state index contributed by atoms with van der Waals surface area (Å²) in [5.74, 6) is -0.623. The molecule has 7 heteroatoms. The van der Waals surface area contributed by atoms with Gasteiger partial charge in [0.1, 0.15) is 11.6 Å². The Labute approximate surface area is 117 Å². The largest absolute Gasteiger partial charge is 0.494 e. The average molecular weight is 335 g/mol. The highest BCUT2D eigenvalue weighted by molar-refractivity contribution is 9.12. The summed E-state index contributed by atoms with van der Waals surface area (Å²) < 4.78 is 13.1. The Bertz CT molecular complexity index is 527. The topological polar surface area (TPSA) is 70.6 Å². The van der Waals surface area contributed by atoms with Gasteiger partial charge in [0.15, 0.2) is 5.88 Å². The molecular formula is C11H10BrClFN3O. The lowest BCUT2D eigenvalue weighted by atomic mass is 10.3. The van der Waals surface area contributed by atoms with Gasteiger partial charge in [-0.25, -0.2) is 9.38 Å². The molecule has 4 nitrogen and oxygen atoms in total. The number of aliphatic imine (C=N–C) groups is 1. The second-order valence-electron chi connectivity index (χ2n) is 3.19. The number of benzene rings is 1. The van der Waals surface area contributed by atoms with Crippen LogP contribution < -0.4 is 11.1 Å². The monoisotopic (exact) mass is 333 g/mol. The Morgan fingerprint density at radius 1 is 1.61 bits per heavy atom. The van der Waals surface area contributed by atoms with Gasteiger partial charge in [0.2, 0.25) is 0 Å². The molecule has 0 atom stereocenters. The number of nitrogens with two attached hydrogens (primary N) is 1. The number of nitrogens with one attached hydrogen (secondary N) is 1. The number of halogens is 3. The molecule has 0 amide bonds. The van der Waals surface area contributed by atoms with E-state index >= 15 is 0 Å².